The minimum Gasteiger partial charge on any atom is -0.506 e. The summed E-state index contributed by atoms with van der Waals surface area (Å²) in [5, 5.41) is 49.5. The Morgan fingerprint density at radius 3 is 1.78 bits per heavy atom. The van der Waals surface area contributed by atoms with Gasteiger partial charge in [0.15, 0.2) is 0 Å². The Morgan fingerprint density at radius 1 is 0.533 bits per heavy atom. The van der Waals surface area contributed by atoms with Gasteiger partial charge in [-0.15, -0.1) is 20.5 Å². The van der Waals surface area contributed by atoms with Crippen LogP contribution in [0.15, 0.2) is 145 Å². The average Bonchev–Trinajstić information content (AvgIpc) is 3.03. The molecular formula is C32H21ClN6O5S. The Kier molecular flexibility index (Phi) is 8.00. The van der Waals surface area contributed by atoms with Gasteiger partial charge in [-0.25, -0.2) is 0 Å². The first-order chi connectivity index (χ1) is 21.7. The summed E-state index contributed by atoms with van der Waals surface area (Å²) in [7, 11) is -4.41. The molecule has 0 unspecified atom stereocenters. The molecule has 0 aromatic heterocycles. The second-order valence-electron chi connectivity index (χ2n) is 9.69. The van der Waals surface area contributed by atoms with Crippen LogP contribution >= 0.6 is 11.6 Å². The van der Waals surface area contributed by atoms with Crippen LogP contribution in [0.3, 0.4) is 0 Å². The lowest BCUT2D eigenvalue weighted by atomic mass is 10.1. The first-order valence-electron chi connectivity index (χ1n) is 13.2. The van der Waals surface area contributed by atoms with E-state index in [9.17, 15) is 23.2 Å². The zero-order valence-electron chi connectivity index (χ0n) is 23.0. The van der Waals surface area contributed by atoms with Crippen LogP contribution in [0.1, 0.15) is 0 Å². The number of halogens is 1. The van der Waals surface area contributed by atoms with Gasteiger partial charge in [0.05, 0.1) is 27.6 Å². The fourth-order valence-electron chi connectivity index (χ4n) is 4.48. The summed E-state index contributed by atoms with van der Waals surface area (Å²) in [6, 6.07) is 29.3. The van der Waals surface area contributed by atoms with E-state index >= 15 is 0 Å². The van der Waals surface area contributed by atoms with Crippen LogP contribution in [0.5, 0.6) is 11.5 Å². The predicted molar refractivity (Wildman–Crippen MR) is 171 cm³/mol. The summed E-state index contributed by atoms with van der Waals surface area (Å²) in [4.78, 5) is -0.297. The third kappa shape index (κ3) is 6.53. The van der Waals surface area contributed by atoms with Crippen molar-refractivity contribution in [1.82, 2.24) is 0 Å². The largest absolute Gasteiger partial charge is 0.506 e. The third-order valence-electron chi connectivity index (χ3n) is 6.71. The van der Waals surface area contributed by atoms with E-state index in [2.05, 4.69) is 30.7 Å². The first kappa shape index (κ1) is 29.5. The molecule has 0 amide bonds. The van der Waals surface area contributed by atoms with E-state index < -0.39 is 10.1 Å². The predicted octanol–water partition coefficient (Wildman–Crippen LogP) is 10.6. The van der Waals surface area contributed by atoms with Crippen molar-refractivity contribution in [2.45, 2.75) is 4.90 Å². The summed E-state index contributed by atoms with van der Waals surface area (Å²) < 4.78 is 32.3. The van der Waals surface area contributed by atoms with Gasteiger partial charge in [0.2, 0.25) is 0 Å². The molecule has 0 fully saturated rings. The van der Waals surface area contributed by atoms with Crippen LogP contribution in [-0.4, -0.2) is 23.2 Å². The number of nitrogens with zero attached hydrogens (tertiary/aromatic N) is 6. The monoisotopic (exact) mass is 636 g/mol. The second-order valence-corrected chi connectivity index (χ2v) is 11.5. The van der Waals surface area contributed by atoms with E-state index in [0.717, 1.165) is 10.8 Å². The molecule has 0 aliphatic heterocycles. The van der Waals surface area contributed by atoms with Crippen molar-refractivity contribution < 1.29 is 23.2 Å². The van der Waals surface area contributed by atoms with Gasteiger partial charge in [0.25, 0.3) is 10.1 Å². The lowest BCUT2D eigenvalue weighted by molar-refractivity contribution is 0.474. The van der Waals surface area contributed by atoms with Crippen LogP contribution in [0, 0.1) is 0 Å². The zero-order chi connectivity index (χ0) is 31.6. The maximum Gasteiger partial charge on any atom is 0.294 e. The second kappa shape index (κ2) is 12.2. The van der Waals surface area contributed by atoms with Gasteiger partial charge < -0.3 is 10.2 Å². The normalized spacial score (nSPS) is 12.3. The number of hydrogen-bond donors (Lipinski definition) is 3. The SMILES string of the molecule is O=S(=O)(O)c1ccc2c(N=Nc3ccc(N=Nc4ccc(N=Nc5ccc(Cl)cc5)c5ccccc45)cc3O)c(O)ccc2c1. The molecule has 6 rings (SSSR count). The Labute approximate surface area is 261 Å². The average molecular weight is 637 g/mol. The third-order valence-corrected chi connectivity index (χ3v) is 7.81. The van der Waals surface area contributed by atoms with Crippen molar-refractivity contribution in [3.05, 3.63) is 114 Å². The quantitative estimate of drug-likeness (QED) is 0.117. The number of fused-ring (bicyclic) bond motifs is 2. The molecule has 0 saturated heterocycles. The van der Waals surface area contributed by atoms with Gasteiger partial charge in [-0.1, -0.05) is 48.0 Å². The van der Waals surface area contributed by atoms with E-state index in [-0.39, 0.29) is 27.8 Å². The topological polar surface area (TPSA) is 169 Å². The zero-order valence-corrected chi connectivity index (χ0v) is 24.6. The summed E-state index contributed by atoms with van der Waals surface area (Å²) in [6.45, 7) is 0. The van der Waals surface area contributed by atoms with Gasteiger partial charge in [-0.2, -0.15) is 18.6 Å². The van der Waals surface area contributed by atoms with Gasteiger partial charge >= 0.3 is 0 Å². The first-order valence-corrected chi connectivity index (χ1v) is 15.1. The molecule has 0 saturated carbocycles. The smallest absolute Gasteiger partial charge is 0.294 e. The van der Waals surface area contributed by atoms with E-state index in [1.54, 1.807) is 42.5 Å². The van der Waals surface area contributed by atoms with Crippen LogP contribution in [0.2, 0.25) is 5.02 Å². The minimum atomic E-state index is -4.41. The Bertz CT molecular complexity index is 2290. The maximum absolute atomic E-state index is 11.5. The Hall–Kier alpha value is -5.56. The highest BCUT2D eigenvalue weighted by atomic mass is 35.5. The molecule has 0 aliphatic rings. The van der Waals surface area contributed by atoms with Crippen LogP contribution in [0.25, 0.3) is 21.5 Å². The molecule has 0 aliphatic carbocycles. The molecule has 11 nitrogen and oxygen atoms in total. The summed E-state index contributed by atoms with van der Waals surface area (Å²) in [6.07, 6.45) is 0. The minimum absolute atomic E-state index is 0.0561. The van der Waals surface area contributed by atoms with E-state index in [0.29, 0.717) is 38.5 Å². The molecule has 6 aromatic carbocycles. The molecule has 3 N–H and O–H groups in total. The van der Waals surface area contributed by atoms with Gasteiger partial charge in [0, 0.05) is 27.2 Å². The molecule has 6 aromatic rings. The number of rotatable bonds is 7. The molecular weight excluding hydrogens is 616 g/mol. The van der Waals surface area contributed by atoms with E-state index in [1.165, 1.54) is 42.5 Å². The lowest BCUT2D eigenvalue weighted by Gasteiger charge is -2.06. The number of phenolic OH excluding ortho intramolecular Hbond substituents is 2. The molecule has 45 heavy (non-hydrogen) atoms. The van der Waals surface area contributed by atoms with Crippen LogP contribution in [0.4, 0.5) is 34.1 Å². The van der Waals surface area contributed by atoms with Crippen molar-refractivity contribution >= 4 is 77.4 Å². The lowest BCUT2D eigenvalue weighted by Crippen LogP contribution is -1.97. The van der Waals surface area contributed by atoms with Crippen molar-refractivity contribution in [3.8, 4) is 11.5 Å². The summed E-state index contributed by atoms with van der Waals surface area (Å²) in [5.41, 5.74) is 2.41. The molecule has 0 bridgehead atoms. The standard InChI is InChI=1S/C32H21ClN6O5S/c33-20-6-8-21(9-7-20)34-36-27-14-15-28(26-4-2-1-3-25(26)27)37-35-22-10-13-29(31(41)18-22)38-39-32-24-12-11-23(45(42,43)44)17-19(24)5-16-30(32)40/h1-18,40-41H,(H,42,43,44). The molecule has 0 radical (unpaired) electrons. The molecule has 222 valence electrons. The summed E-state index contributed by atoms with van der Waals surface area (Å²) >= 11 is 5.95. The number of hydrogen-bond acceptors (Lipinski definition) is 10. The fraction of sp³-hybridized carbons (Fsp3) is 0. The van der Waals surface area contributed by atoms with Crippen molar-refractivity contribution in [3.63, 3.8) is 0 Å². The van der Waals surface area contributed by atoms with Crippen molar-refractivity contribution in [1.29, 1.82) is 0 Å². The van der Waals surface area contributed by atoms with Crippen LogP contribution < -0.4 is 0 Å². The van der Waals surface area contributed by atoms with E-state index in [1.807, 2.05) is 24.3 Å². The number of azo groups is 3. The van der Waals surface area contributed by atoms with Crippen LogP contribution in [-0.2, 0) is 10.1 Å². The van der Waals surface area contributed by atoms with Gasteiger partial charge in [0.1, 0.15) is 22.9 Å². The summed E-state index contributed by atoms with van der Waals surface area (Å²) in [5.74, 6) is -0.438. The Balaban J connectivity index is 1.25. The highest BCUT2D eigenvalue weighted by molar-refractivity contribution is 7.85. The number of phenols is 2. The number of benzene rings is 6. The van der Waals surface area contributed by atoms with Gasteiger partial charge in [-0.3, -0.25) is 4.55 Å². The highest BCUT2D eigenvalue weighted by Crippen LogP contribution is 2.40. The van der Waals surface area contributed by atoms with Crippen molar-refractivity contribution in [2.75, 3.05) is 0 Å². The highest BCUT2D eigenvalue weighted by Gasteiger charge is 2.13. The molecule has 13 heteroatoms. The van der Waals surface area contributed by atoms with Gasteiger partial charge in [-0.05, 0) is 72.1 Å². The van der Waals surface area contributed by atoms with Crippen molar-refractivity contribution in [2.24, 2.45) is 30.7 Å². The molecule has 0 spiro atoms. The molecule has 0 heterocycles. The Morgan fingerprint density at radius 2 is 1.13 bits per heavy atom. The number of aromatic hydroxyl groups is 2. The van der Waals surface area contributed by atoms with E-state index in [4.69, 9.17) is 11.6 Å². The molecule has 0 atom stereocenters. The fourth-order valence-corrected chi connectivity index (χ4v) is 5.12. The maximum atomic E-state index is 11.5.